The van der Waals surface area contributed by atoms with Crippen LogP contribution in [0.2, 0.25) is 0 Å². The van der Waals surface area contributed by atoms with Crippen molar-refractivity contribution >= 4 is 7.60 Å². The predicted octanol–water partition coefficient (Wildman–Crippen LogP) is 6.93. The van der Waals surface area contributed by atoms with Crippen LogP contribution in [-0.2, 0) is 13.8 Å². The molecule has 0 saturated carbocycles. The zero-order valence-corrected chi connectivity index (χ0v) is 21.7. The predicted molar refractivity (Wildman–Crippen MR) is 132 cm³/mol. The van der Waals surface area contributed by atoms with E-state index in [9.17, 15) is 9.46 Å². The molecule has 1 unspecified atom stereocenters. The first-order chi connectivity index (χ1) is 15.0. The summed E-state index contributed by atoms with van der Waals surface area (Å²) in [7, 11) is -1.25. The topological polar surface area (TPSA) is 55.8 Å². The van der Waals surface area contributed by atoms with Gasteiger partial charge >= 0.3 is 7.60 Å². The quantitative estimate of drug-likeness (QED) is 0.114. The van der Waals surface area contributed by atoms with Gasteiger partial charge in [0.2, 0.25) is 0 Å². The fourth-order valence-corrected chi connectivity index (χ4v) is 5.45. The number of hydrogen-bond donors (Lipinski definition) is 1. The zero-order chi connectivity index (χ0) is 22.7. The molecule has 1 saturated heterocycles. The Hall–Kier alpha value is 0.0700. The molecule has 0 aromatic carbocycles. The summed E-state index contributed by atoms with van der Waals surface area (Å²) in [5.41, 5.74) is 0. The third-order valence-electron chi connectivity index (χ3n) is 6.77. The van der Waals surface area contributed by atoms with Gasteiger partial charge in [-0.3, -0.25) is 4.57 Å². The van der Waals surface area contributed by atoms with Gasteiger partial charge in [0, 0.05) is 6.16 Å². The number of nitrogens with zero attached hydrogens (tertiary/aromatic N) is 1. The molecular formula is C25H53NO4P+. The van der Waals surface area contributed by atoms with Crippen molar-refractivity contribution in [2.45, 2.75) is 110 Å². The molecule has 1 aliphatic rings. The number of morpholine rings is 1. The second-order valence-corrected chi connectivity index (χ2v) is 11.9. The molecule has 0 amide bonds. The van der Waals surface area contributed by atoms with Crippen molar-refractivity contribution in [1.29, 1.82) is 0 Å². The van der Waals surface area contributed by atoms with Crippen molar-refractivity contribution in [2.24, 2.45) is 0 Å². The lowest BCUT2D eigenvalue weighted by atomic mass is 10.0. The SMILES string of the molecule is CCCCCCCCCCCCCCCCCCP(=O)(O)OCC[N+]1(C)CCOCC1. The van der Waals surface area contributed by atoms with Crippen molar-refractivity contribution in [3.05, 3.63) is 0 Å². The summed E-state index contributed by atoms with van der Waals surface area (Å²) in [6.45, 7) is 6.88. The standard InChI is InChI=1S/C25H52NO4P/c1-3-4-5-6-7-8-9-10-11-12-13-14-15-16-17-18-25-31(27,28)30-24-21-26(2)19-22-29-23-20-26/h3-25H2,1-2H3/p+1. The smallest absolute Gasteiger partial charge is 0.328 e. The molecule has 0 bridgehead atoms. The van der Waals surface area contributed by atoms with Crippen LogP contribution in [0.3, 0.4) is 0 Å². The van der Waals surface area contributed by atoms with Gasteiger partial charge in [-0.05, 0) is 6.42 Å². The fourth-order valence-electron chi connectivity index (χ4n) is 4.34. The van der Waals surface area contributed by atoms with E-state index in [4.69, 9.17) is 9.26 Å². The first-order valence-electron chi connectivity index (χ1n) is 13.4. The molecule has 0 aromatic rings. The Labute approximate surface area is 193 Å². The van der Waals surface area contributed by atoms with Crippen molar-refractivity contribution < 1.29 is 23.2 Å². The van der Waals surface area contributed by atoms with Crippen LogP contribution in [-0.4, -0.2) is 62.0 Å². The minimum absolute atomic E-state index is 0.304. The summed E-state index contributed by atoms with van der Waals surface area (Å²) in [5, 5.41) is 0. The Morgan fingerprint density at radius 1 is 0.774 bits per heavy atom. The van der Waals surface area contributed by atoms with E-state index in [0.29, 0.717) is 12.8 Å². The maximum absolute atomic E-state index is 12.2. The van der Waals surface area contributed by atoms with Gasteiger partial charge in [-0.15, -0.1) is 0 Å². The number of unbranched alkanes of at least 4 members (excludes halogenated alkanes) is 15. The number of hydrogen-bond acceptors (Lipinski definition) is 3. The van der Waals surface area contributed by atoms with Crippen LogP contribution in [0, 0.1) is 0 Å². The molecule has 0 spiro atoms. The average Bonchev–Trinajstić information content (AvgIpc) is 2.73. The molecule has 186 valence electrons. The highest BCUT2D eigenvalue weighted by Gasteiger charge is 2.27. The second-order valence-electron chi connectivity index (χ2n) is 9.90. The van der Waals surface area contributed by atoms with Crippen molar-refractivity contribution in [2.75, 3.05) is 52.7 Å². The maximum atomic E-state index is 12.2. The molecule has 1 N–H and O–H groups in total. The highest BCUT2D eigenvalue weighted by atomic mass is 31.2. The molecule has 0 radical (unpaired) electrons. The van der Waals surface area contributed by atoms with E-state index in [1.54, 1.807) is 0 Å². The van der Waals surface area contributed by atoms with Gasteiger partial charge in [0.25, 0.3) is 0 Å². The summed E-state index contributed by atoms with van der Waals surface area (Å²) in [6.07, 6.45) is 21.3. The maximum Gasteiger partial charge on any atom is 0.328 e. The first kappa shape index (κ1) is 29.1. The van der Waals surface area contributed by atoms with Crippen LogP contribution >= 0.6 is 7.60 Å². The van der Waals surface area contributed by atoms with Gasteiger partial charge in [0.1, 0.15) is 26.2 Å². The molecule has 1 aliphatic heterocycles. The summed E-state index contributed by atoms with van der Waals surface area (Å²) in [6, 6.07) is 0. The third kappa shape index (κ3) is 17.2. The molecule has 6 heteroatoms. The Morgan fingerprint density at radius 3 is 1.65 bits per heavy atom. The molecule has 1 heterocycles. The molecule has 0 aromatic heterocycles. The minimum Gasteiger partial charge on any atom is -0.370 e. The Bertz CT molecular complexity index is 455. The number of rotatable bonds is 21. The summed E-state index contributed by atoms with van der Waals surface area (Å²) in [5.74, 6) is 0. The van der Waals surface area contributed by atoms with Crippen LogP contribution < -0.4 is 0 Å². The highest BCUT2D eigenvalue weighted by Crippen LogP contribution is 2.42. The van der Waals surface area contributed by atoms with Crippen LogP contribution in [0.5, 0.6) is 0 Å². The first-order valence-corrected chi connectivity index (χ1v) is 15.1. The number of likely N-dealkylation sites (N-methyl/N-ethyl adjacent to an activating group) is 1. The van der Waals surface area contributed by atoms with Gasteiger partial charge in [-0.25, -0.2) is 0 Å². The van der Waals surface area contributed by atoms with Crippen LogP contribution in [0.15, 0.2) is 0 Å². The molecule has 31 heavy (non-hydrogen) atoms. The normalized spacial score (nSPS) is 18.2. The minimum atomic E-state index is -3.42. The molecule has 5 nitrogen and oxygen atoms in total. The molecule has 0 aliphatic carbocycles. The van der Waals surface area contributed by atoms with Gasteiger partial charge in [0.05, 0.1) is 20.3 Å². The number of quaternary nitrogens is 1. The van der Waals surface area contributed by atoms with E-state index in [1.807, 2.05) is 0 Å². The zero-order valence-electron chi connectivity index (χ0n) is 20.8. The van der Waals surface area contributed by atoms with Gasteiger partial charge in [-0.1, -0.05) is 103 Å². The molecule has 1 fully saturated rings. The van der Waals surface area contributed by atoms with E-state index in [0.717, 1.165) is 50.2 Å². The highest BCUT2D eigenvalue weighted by molar-refractivity contribution is 7.52. The Kier molecular flexibility index (Phi) is 17.4. The lowest BCUT2D eigenvalue weighted by Gasteiger charge is -2.37. The van der Waals surface area contributed by atoms with Gasteiger partial charge in [-0.2, -0.15) is 0 Å². The Morgan fingerprint density at radius 2 is 1.19 bits per heavy atom. The van der Waals surface area contributed by atoms with Crippen LogP contribution in [0.25, 0.3) is 0 Å². The largest absolute Gasteiger partial charge is 0.370 e. The van der Waals surface area contributed by atoms with Crippen molar-refractivity contribution in [3.63, 3.8) is 0 Å². The Balaban J connectivity index is 1.84. The monoisotopic (exact) mass is 462 g/mol. The summed E-state index contributed by atoms with van der Waals surface area (Å²) >= 11 is 0. The van der Waals surface area contributed by atoms with Gasteiger partial charge < -0.3 is 18.6 Å². The van der Waals surface area contributed by atoms with E-state index >= 15 is 0 Å². The average molecular weight is 463 g/mol. The van der Waals surface area contributed by atoms with E-state index in [2.05, 4.69) is 14.0 Å². The third-order valence-corrected chi connectivity index (χ3v) is 8.24. The second kappa shape index (κ2) is 18.5. The van der Waals surface area contributed by atoms with E-state index in [-0.39, 0.29) is 0 Å². The van der Waals surface area contributed by atoms with Crippen LogP contribution in [0.4, 0.5) is 0 Å². The summed E-state index contributed by atoms with van der Waals surface area (Å²) in [4.78, 5) is 10.0. The van der Waals surface area contributed by atoms with Gasteiger partial charge in [0.15, 0.2) is 0 Å². The fraction of sp³-hybridized carbons (Fsp3) is 1.00. The van der Waals surface area contributed by atoms with E-state index in [1.165, 1.54) is 89.9 Å². The van der Waals surface area contributed by atoms with E-state index < -0.39 is 7.60 Å². The molecule has 1 rings (SSSR count). The number of ether oxygens (including phenoxy) is 1. The summed E-state index contributed by atoms with van der Waals surface area (Å²) < 4.78 is 23.9. The van der Waals surface area contributed by atoms with Crippen LogP contribution in [0.1, 0.15) is 110 Å². The molecule has 1 atom stereocenters. The lowest BCUT2D eigenvalue weighted by Crippen LogP contribution is -2.53. The van der Waals surface area contributed by atoms with Crippen molar-refractivity contribution in [1.82, 2.24) is 0 Å². The lowest BCUT2D eigenvalue weighted by molar-refractivity contribution is -0.916. The molecular weight excluding hydrogens is 409 g/mol. The van der Waals surface area contributed by atoms with Crippen molar-refractivity contribution in [3.8, 4) is 0 Å².